The fourth-order valence-corrected chi connectivity index (χ4v) is 2.26. The molecule has 1 saturated heterocycles. The van der Waals surface area contributed by atoms with Gasteiger partial charge in [0.2, 0.25) is 0 Å². The Kier molecular flexibility index (Phi) is 4.37. The minimum atomic E-state index is -0.149. The molecule has 1 heterocycles. The molecule has 1 atom stereocenters. The highest BCUT2D eigenvalue weighted by Crippen LogP contribution is 2.19. The number of nitrogens with zero attached hydrogens (tertiary/aromatic N) is 2. The van der Waals surface area contributed by atoms with Crippen molar-refractivity contribution in [2.24, 2.45) is 0 Å². The number of carbonyl (C=O) groups excluding carboxylic acids is 1. The van der Waals surface area contributed by atoms with Gasteiger partial charge in [0.25, 0.3) is 5.91 Å². The maximum Gasteiger partial charge on any atom is 0.260 e. The van der Waals surface area contributed by atoms with E-state index in [1.165, 1.54) is 0 Å². The molecule has 0 aliphatic carbocycles. The first kappa shape index (κ1) is 13.4. The van der Waals surface area contributed by atoms with Gasteiger partial charge in [-0.2, -0.15) is 5.26 Å². The Morgan fingerprint density at radius 2 is 2.32 bits per heavy atom. The first-order valence-electron chi connectivity index (χ1n) is 6.28. The maximum atomic E-state index is 12.0. The summed E-state index contributed by atoms with van der Waals surface area (Å²) in [5.74, 6) is 0.266. The number of nitriles is 1. The van der Waals surface area contributed by atoms with Gasteiger partial charge in [0.15, 0.2) is 6.61 Å². The van der Waals surface area contributed by atoms with Crippen LogP contribution in [0.1, 0.15) is 18.4 Å². The molecule has 0 aromatic heterocycles. The SMILES string of the molecule is N#Cc1ccccc1OCC(=O)N1CCCC1CO. The fraction of sp³-hybridized carbons (Fsp3) is 0.429. The molecule has 1 amide bonds. The van der Waals surface area contributed by atoms with E-state index in [4.69, 9.17) is 10.00 Å². The van der Waals surface area contributed by atoms with Crippen molar-refractivity contribution in [1.29, 1.82) is 5.26 Å². The van der Waals surface area contributed by atoms with Gasteiger partial charge in [-0.3, -0.25) is 4.79 Å². The number of rotatable bonds is 4. The highest BCUT2D eigenvalue weighted by molar-refractivity contribution is 5.78. The number of aliphatic hydroxyl groups is 1. The summed E-state index contributed by atoms with van der Waals surface area (Å²) in [4.78, 5) is 13.6. The summed E-state index contributed by atoms with van der Waals surface area (Å²) in [7, 11) is 0. The zero-order chi connectivity index (χ0) is 13.7. The number of ether oxygens (including phenoxy) is 1. The van der Waals surface area contributed by atoms with Crippen LogP contribution in [0.4, 0.5) is 0 Å². The highest BCUT2D eigenvalue weighted by atomic mass is 16.5. The van der Waals surface area contributed by atoms with E-state index in [9.17, 15) is 9.90 Å². The van der Waals surface area contributed by atoms with Crippen LogP contribution < -0.4 is 4.74 Å². The number of amides is 1. The Bertz CT molecular complexity index is 496. The molecule has 1 aliphatic rings. The molecule has 2 rings (SSSR count). The molecule has 1 aromatic rings. The second kappa shape index (κ2) is 6.21. The van der Waals surface area contributed by atoms with Crippen LogP contribution in [0, 0.1) is 11.3 Å². The molecule has 1 fully saturated rings. The van der Waals surface area contributed by atoms with E-state index < -0.39 is 0 Å². The third kappa shape index (κ3) is 3.04. The Morgan fingerprint density at radius 1 is 1.53 bits per heavy atom. The van der Waals surface area contributed by atoms with Gasteiger partial charge in [0.05, 0.1) is 18.2 Å². The lowest BCUT2D eigenvalue weighted by Crippen LogP contribution is -2.40. The second-order valence-electron chi connectivity index (χ2n) is 4.46. The lowest BCUT2D eigenvalue weighted by atomic mass is 10.2. The largest absolute Gasteiger partial charge is 0.482 e. The average molecular weight is 260 g/mol. The van der Waals surface area contributed by atoms with E-state index >= 15 is 0 Å². The van der Waals surface area contributed by atoms with Crippen LogP contribution in [0.25, 0.3) is 0 Å². The number of hydrogen-bond acceptors (Lipinski definition) is 4. The molecular weight excluding hydrogens is 244 g/mol. The summed E-state index contributed by atoms with van der Waals surface area (Å²) in [6, 6.07) is 8.74. The normalized spacial score (nSPS) is 18.1. The van der Waals surface area contributed by atoms with Crippen LogP contribution in [0.2, 0.25) is 0 Å². The topological polar surface area (TPSA) is 73.6 Å². The van der Waals surface area contributed by atoms with Crippen molar-refractivity contribution in [3.05, 3.63) is 29.8 Å². The van der Waals surface area contributed by atoms with Gasteiger partial charge < -0.3 is 14.7 Å². The molecule has 5 nitrogen and oxygen atoms in total. The molecule has 0 spiro atoms. The number of aliphatic hydroxyl groups excluding tert-OH is 1. The quantitative estimate of drug-likeness (QED) is 0.873. The van der Waals surface area contributed by atoms with E-state index in [1.807, 2.05) is 6.07 Å². The van der Waals surface area contributed by atoms with Crippen molar-refractivity contribution in [1.82, 2.24) is 4.90 Å². The molecule has 0 bridgehead atoms. The van der Waals surface area contributed by atoms with Crippen molar-refractivity contribution in [2.75, 3.05) is 19.8 Å². The van der Waals surface area contributed by atoms with Gasteiger partial charge in [0.1, 0.15) is 11.8 Å². The van der Waals surface area contributed by atoms with Crippen molar-refractivity contribution in [3.63, 3.8) is 0 Å². The van der Waals surface area contributed by atoms with Crippen LogP contribution in [0.3, 0.4) is 0 Å². The zero-order valence-electron chi connectivity index (χ0n) is 10.6. The van der Waals surface area contributed by atoms with Gasteiger partial charge in [-0.25, -0.2) is 0 Å². The minimum absolute atomic E-state index is 0.0134. The predicted octanol–water partition coefficient (Wildman–Crippen LogP) is 0.920. The molecule has 1 N–H and O–H groups in total. The molecular formula is C14H16N2O3. The monoisotopic (exact) mass is 260 g/mol. The molecule has 19 heavy (non-hydrogen) atoms. The maximum absolute atomic E-state index is 12.0. The van der Waals surface area contributed by atoms with Gasteiger partial charge in [-0.05, 0) is 25.0 Å². The Hall–Kier alpha value is -2.06. The van der Waals surface area contributed by atoms with Crippen molar-refractivity contribution >= 4 is 5.91 Å². The third-order valence-corrected chi connectivity index (χ3v) is 3.27. The van der Waals surface area contributed by atoms with Crippen LogP contribution >= 0.6 is 0 Å². The smallest absolute Gasteiger partial charge is 0.260 e. The number of para-hydroxylation sites is 1. The van der Waals surface area contributed by atoms with Gasteiger partial charge in [0, 0.05) is 6.54 Å². The van der Waals surface area contributed by atoms with Crippen molar-refractivity contribution < 1.29 is 14.6 Å². The van der Waals surface area contributed by atoms with Crippen LogP contribution in [-0.2, 0) is 4.79 Å². The van der Waals surface area contributed by atoms with E-state index in [0.717, 1.165) is 12.8 Å². The summed E-state index contributed by atoms with van der Waals surface area (Å²) in [5.41, 5.74) is 0.412. The van der Waals surface area contributed by atoms with Crippen molar-refractivity contribution in [2.45, 2.75) is 18.9 Å². The Balaban J connectivity index is 1.95. The molecule has 0 radical (unpaired) electrons. The number of carbonyl (C=O) groups is 1. The van der Waals surface area contributed by atoms with E-state index in [0.29, 0.717) is 17.9 Å². The number of likely N-dealkylation sites (tertiary alicyclic amines) is 1. The van der Waals surface area contributed by atoms with Crippen LogP contribution in [0.15, 0.2) is 24.3 Å². The fourth-order valence-electron chi connectivity index (χ4n) is 2.26. The summed E-state index contributed by atoms with van der Waals surface area (Å²) in [5, 5.41) is 18.1. The number of hydrogen-bond donors (Lipinski definition) is 1. The molecule has 100 valence electrons. The molecule has 1 unspecified atom stereocenters. The summed E-state index contributed by atoms with van der Waals surface area (Å²) >= 11 is 0. The second-order valence-corrected chi connectivity index (χ2v) is 4.46. The lowest BCUT2D eigenvalue weighted by Gasteiger charge is -2.23. The lowest BCUT2D eigenvalue weighted by molar-refractivity contribution is -0.134. The third-order valence-electron chi connectivity index (χ3n) is 3.27. The Labute approximate surface area is 112 Å². The first-order valence-corrected chi connectivity index (χ1v) is 6.28. The summed E-state index contributed by atoms with van der Waals surface area (Å²) in [6.45, 7) is 0.545. The number of benzene rings is 1. The predicted molar refractivity (Wildman–Crippen MR) is 68.5 cm³/mol. The average Bonchev–Trinajstić information content (AvgIpc) is 2.93. The minimum Gasteiger partial charge on any atom is -0.482 e. The van der Waals surface area contributed by atoms with Crippen molar-refractivity contribution in [3.8, 4) is 11.8 Å². The zero-order valence-corrected chi connectivity index (χ0v) is 10.6. The molecule has 1 aliphatic heterocycles. The van der Waals surface area contributed by atoms with Gasteiger partial charge >= 0.3 is 0 Å². The van der Waals surface area contributed by atoms with E-state index in [-0.39, 0.29) is 25.2 Å². The molecule has 1 aromatic carbocycles. The van der Waals surface area contributed by atoms with E-state index in [1.54, 1.807) is 29.2 Å². The van der Waals surface area contributed by atoms with E-state index in [2.05, 4.69) is 0 Å². The summed E-state index contributed by atoms with van der Waals surface area (Å²) < 4.78 is 5.40. The van der Waals surface area contributed by atoms with Gasteiger partial charge in [-0.1, -0.05) is 12.1 Å². The van der Waals surface area contributed by atoms with Gasteiger partial charge in [-0.15, -0.1) is 0 Å². The first-order chi connectivity index (χ1) is 9.26. The Morgan fingerprint density at radius 3 is 3.05 bits per heavy atom. The van der Waals surface area contributed by atoms with Crippen LogP contribution in [0.5, 0.6) is 5.75 Å². The van der Waals surface area contributed by atoms with Crippen LogP contribution in [-0.4, -0.2) is 41.7 Å². The highest BCUT2D eigenvalue weighted by Gasteiger charge is 2.28. The molecule has 0 saturated carbocycles. The summed E-state index contributed by atoms with van der Waals surface area (Å²) in [6.07, 6.45) is 1.74. The standard InChI is InChI=1S/C14H16N2O3/c15-8-11-4-1-2-6-13(11)19-10-14(18)16-7-3-5-12(16)9-17/h1-2,4,6,12,17H,3,5,7,9-10H2. The molecule has 5 heteroatoms.